The first kappa shape index (κ1) is 23.0. The second-order valence-corrected chi connectivity index (χ2v) is 11.2. The maximum absolute atomic E-state index is 8.04. The van der Waals surface area contributed by atoms with E-state index in [1.54, 1.807) is 0 Å². The molecular weight excluding hydrogens is 520 g/mol. The van der Waals surface area contributed by atoms with Crippen molar-refractivity contribution < 1.29 is 5.79 Å². The number of rotatable bonds is 3. The van der Waals surface area contributed by atoms with Crippen LogP contribution in [-0.2, 0) is 0 Å². The lowest BCUT2D eigenvalue weighted by Crippen LogP contribution is -1.93. The third-order valence-electron chi connectivity index (χ3n) is 8.80. The summed E-state index contributed by atoms with van der Waals surface area (Å²) in [5.41, 5.74) is 9.02. The maximum atomic E-state index is 8.04. The van der Waals surface area contributed by atoms with E-state index in [1.165, 1.54) is 49.4 Å². The van der Waals surface area contributed by atoms with Crippen molar-refractivity contribution >= 4 is 54.3 Å². The molecule has 0 saturated heterocycles. The highest BCUT2D eigenvalue weighted by molar-refractivity contribution is 6.26. The number of furan rings is 1. The molecule has 0 N–H and O–H groups in total. The van der Waals surface area contributed by atoms with Crippen molar-refractivity contribution in [2.45, 2.75) is 0 Å². The summed E-state index contributed by atoms with van der Waals surface area (Å²) >= 11 is 0. The van der Waals surface area contributed by atoms with Crippen molar-refractivity contribution in [3.8, 4) is 33.4 Å². The molecule has 200 valence electrons. The van der Waals surface area contributed by atoms with Crippen LogP contribution in [-0.4, -0.2) is 0 Å². The highest BCUT2D eigenvalue weighted by Crippen LogP contribution is 2.48. The molecule has 1 heteroatoms. The summed E-state index contributed by atoms with van der Waals surface area (Å²) in [6.07, 6.45) is 0. The van der Waals surface area contributed by atoms with Gasteiger partial charge in [-0.25, -0.2) is 0 Å². The van der Waals surface area contributed by atoms with E-state index in [4.69, 9.17) is 5.79 Å². The first-order valence-electron chi connectivity index (χ1n) is 15.2. The van der Waals surface area contributed by atoms with E-state index >= 15 is 0 Å². The fourth-order valence-electron chi connectivity index (χ4n) is 6.94. The molecule has 43 heavy (non-hydrogen) atoms. The van der Waals surface area contributed by atoms with Gasteiger partial charge in [-0.1, -0.05) is 140 Å². The Bertz CT molecular complexity index is 2510. The van der Waals surface area contributed by atoms with Gasteiger partial charge in [-0.3, -0.25) is 0 Å². The molecule has 0 aliphatic rings. The lowest BCUT2D eigenvalue weighted by molar-refractivity contribution is 0.669. The first-order valence-corrected chi connectivity index (χ1v) is 14.7. The quantitative estimate of drug-likeness (QED) is 0.201. The first-order chi connectivity index (χ1) is 21.7. The third kappa shape index (κ3) is 3.65. The van der Waals surface area contributed by atoms with Crippen LogP contribution in [0.3, 0.4) is 0 Å². The minimum absolute atomic E-state index is 0.530. The molecule has 0 bridgehead atoms. The van der Waals surface area contributed by atoms with Crippen molar-refractivity contribution in [2.75, 3.05) is 0 Å². The summed E-state index contributed by atoms with van der Waals surface area (Å²) in [5.74, 6) is 0. The van der Waals surface area contributed by atoms with Crippen LogP contribution in [0.25, 0.3) is 87.6 Å². The topological polar surface area (TPSA) is 13.1 Å². The molecule has 0 atom stereocenters. The van der Waals surface area contributed by atoms with E-state index in [-0.39, 0.29) is 0 Å². The molecule has 0 saturated carbocycles. The van der Waals surface area contributed by atoms with Crippen LogP contribution in [0, 0.1) is 0 Å². The van der Waals surface area contributed by atoms with Gasteiger partial charge in [0.25, 0.3) is 0 Å². The number of para-hydroxylation sites is 1. The molecule has 0 fully saturated rings. The van der Waals surface area contributed by atoms with Gasteiger partial charge < -0.3 is 4.42 Å². The van der Waals surface area contributed by atoms with Crippen LogP contribution < -0.4 is 0 Å². The van der Waals surface area contributed by atoms with Gasteiger partial charge in [0.1, 0.15) is 11.2 Å². The standard InChI is InChI=1S/C42H26O/c1-2-13-28-26-29(25-24-27(28)12-1)30-14-3-4-15-31(30)40-32-16-5-7-18-34(32)41(35-19-8-6-17-33(35)40)37-21-11-23-39-42(37)36-20-9-10-22-38(36)43-39/h1-26H/i1D. The van der Waals surface area contributed by atoms with Gasteiger partial charge in [0.2, 0.25) is 0 Å². The van der Waals surface area contributed by atoms with Crippen LogP contribution in [0.1, 0.15) is 1.37 Å². The van der Waals surface area contributed by atoms with Crippen molar-refractivity contribution in [3.63, 3.8) is 0 Å². The van der Waals surface area contributed by atoms with Crippen LogP contribution in [0.5, 0.6) is 0 Å². The monoisotopic (exact) mass is 547 g/mol. The summed E-state index contributed by atoms with van der Waals surface area (Å²) in [4.78, 5) is 0. The average molecular weight is 548 g/mol. The number of fused-ring (bicyclic) bond motifs is 6. The lowest BCUT2D eigenvalue weighted by atomic mass is 9.83. The predicted octanol–water partition coefficient (Wildman–Crippen LogP) is 12.0. The van der Waals surface area contributed by atoms with Crippen molar-refractivity contribution in [2.24, 2.45) is 0 Å². The zero-order valence-corrected chi connectivity index (χ0v) is 23.3. The SMILES string of the molecule is [2H]c1ccc2cc(-c3ccccc3-c3c4ccccc4c(-c4cccc5oc6ccccc6c45)c4ccccc34)ccc2c1. The smallest absolute Gasteiger partial charge is 0.136 e. The van der Waals surface area contributed by atoms with E-state index in [0.717, 1.165) is 38.3 Å². The van der Waals surface area contributed by atoms with E-state index in [9.17, 15) is 0 Å². The van der Waals surface area contributed by atoms with Gasteiger partial charge in [-0.2, -0.15) is 0 Å². The van der Waals surface area contributed by atoms with Crippen molar-refractivity contribution in [3.05, 3.63) is 158 Å². The second-order valence-electron chi connectivity index (χ2n) is 11.2. The zero-order valence-electron chi connectivity index (χ0n) is 24.3. The predicted molar refractivity (Wildman–Crippen MR) is 183 cm³/mol. The average Bonchev–Trinajstić information content (AvgIpc) is 3.46. The molecule has 0 radical (unpaired) electrons. The Kier molecular flexibility index (Phi) is 5.04. The number of hydrogen-bond donors (Lipinski definition) is 0. The fourth-order valence-corrected chi connectivity index (χ4v) is 6.94. The van der Waals surface area contributed by atoms with Crippen LogP contribution in [0.2, 0.25) is 0 Å². The van der Waals surface area contributed by atoms with Crippen molar-refractivity contribution in [1.29, 1.82) is 0 Å². The summed E-state index contributed by atoms with van der Waals surface area (Å²) in [6, 6.07) is 54.1. The molecule has 8 aromatic carbocycles. The largest absolute Gasteiger partial charge is 0.456 e. The molecule has 0 aliphatic heterocycles. The fraction of sp³-hybridized carbons (Fsp3) is 0. The third-order valence-corrected chi connectivity index (χ3v) is 8.80. The molecular formula is C42H26O. The van der Waals surface area contributed by atoms with E-state index in [0.29, 0.717) is 6.04 Å². The normalized spacial score (nSPS) is 12.0. The molecule has 0 spiro atoms. The highest BCUT2D eigenvalue weighted by atomic mass is 16.3. The maximum Gasteiger partial charge on any atom is 0.136 e. The zero-order chi connectivity index (χ0) is 29.2. The molecule has 9 rings (SSSR count). The van der Waals surface area contributed by atoms with E-state index in [2.05, 4.69) is 121 Å². The Balaban J connectivity index is 1.38. The van der Waals surface area contributed by atoms with E-state index in [1.807, 2.05) is 30.3 Å². The summed E-state index contributed by atoms with van der Waals surface area (Å²) in [5, 5.41) is 9.38. The Morgan fingerprint density at radius 3 is 1.72 bits per heavy atom. The van der Waals surface area contributed by atoms with Gasteiger partial charge in [0.05, 0.1) is 1.37 Å². The molecule has 1 aromatic heterocycles. The summed E-state index contributed by atoms with van der Waals surface area (Å²) < 4.78 is 14.4. The Morgan fingerprint density at radius 2 is 0.977 bits per heavy atom. The van der Waals surface area contributed by atoms with E-state index < -0.39 is 0 Å². The summed E-state index contributed by atoms with van der Waals surface area (Å²) in [7, 11) is 0. The van der Waals surface area contributed by atoms with Gasteiger partial charge in [-0.05, 0) is 83.9 Å². The lowest BCUT2D eigenvalue weighted by Gasteiger charge is -2.20. The molecule has 0 unspecified atom stereocenters. The molecule has 1 nitrogen and oxygen atoms in total. The van der Waals surface area contributed by atoms with Gasteiger partial charge in [0.15, 0.2) is 0 Å². The Hall–Kier alpha value is -5.66. The number of benzene rings is 8. The Morgan fingerprint density at radius 1 is 0.395 bits per heavy atom. The Labute approximate surface area is 250 Å². The van der Waals surface area contributed by atoms with Crippen LogP contribution >= 0.6 is 0 Å². The van der Waals surface area contributed by atoms with Gasteiger partial charge in [0, 0.05) is 10.8 Å². The molecule has 0 aliphatic carbocycles. The van der Waals surface area contributed by atoms with Crippen molar-refractivity contribution in [1.82, 2.24) is 0 Å². The summed E-state index contributed by atoms with van der Waals surface area (Å²) in [6.45, 7) is 0. The van der Waals surface area contributed by atoms with Crippen LogP contribution in [0.15, 0.2) is 162 Å². The second kappa shape index (κ2) is 9.44. The van der Waals surface area contributed by atoms with Gasteiger partial charge >= 0.3 is 0 Å². The number of hydrogen-bond acceptors (Lipinski definition) is 1. The molecule has 0 amide bonds. The molecule has 1 heterocycles. The van der Waals surface area contributed by atoms with Gasteiger partial charge in [-0.15, -0.1) is 0 Å². The minimum atomic E-state index is 0.530. The van der Waals surface area contributed by atoms with Crippen LogP contribution in [0.4, 0.5) is 0 Å². The highest BCUT2D eigenvalue weighted by Gasteiger charge is 2.21. The molecule has 9 aromatic rings. The minimum Gasteiger partial charge on any atom is -0.456 e.